The fraction of sp³-hybridized carbons (Fsp3) is 0.393. The molecule has 2 aliphatic heterocycles. The first-order valence-electron chi connectivity index (χ1n) is 12.4. The van der Waals surface area contributed by atoms with Crippen LogP contribution in [0.5, 0.6) is 0 Å². The van der Waals surface area contributed by atoms with Gasteiger partial charge in [-0.25, -0.2) is 4.79 Å². The molecule has 0 radical (unpaired) electrons. The molecule has 3 aromatic rings. The lowest BCUT2D eigenvalue weighted by molar-refractivity contribution is 0.0634. The van der Waals surface area contributed by atoms with Crippen LogP contribution in [0.4, 0.5) is 4.79 Å². The summed E-state index contributed by atoms with van der Waals surface area (Å²) >= 11 is 8.38. The number of pyridine rings is 1. The molecule has 0 aliphatic carbocycles. The van der Waals surface area contributed by atoms with Gasteiger partial charge in [0.05, 0.1) is 11.1 Å². The summed E-state index contributed by atoms with van der Waals surface area (Å²) in [5, 5.41) is 3.42. The van der Waals surface area contributed by atoms with Crippen molar-refractivity contribution in [2.45, 2.75) is 45.1 Å². The van der Waals surface area contributed by atoms with Crippen LogP contribution in [-0.2, 0) is 5.41 Å². The number of piperidine rings is 1. The van der Waals surface area contributed by atoms with E-state index in [0.717, 1.165) is 39.4 Å². The number of thiophene rings is 1. The molecule has 0 bridgehead atoms. The van der Waals surface area contributed by atoms with Crippen molar-refractivity contribution < 1.29 is 9.59 Å². The number of benzene rings is 1. The van der Waals surface area contributed by atoms with Crippen molar-refractivity contribution in [1.29, 1.82) is 0 Å². The highest BCUT2D eigenvalue weighted by Gasteiger charge is 2.33. The average Bonchev–Trinajstić information content (AvgIpc) is 3.52. The topological polar surface area (TPSA) is 65.5 Å². The van der Waals surface area contributed by atoms with Crippen molar-refractivity contribution in [2.24, 2.45) is 0 Å². The Labute approximate surface area is 221 Å². The predicted molar refractivity (Wildman–Crippen MR) is 146 cm³/mol. The van der Waals surface area contributed by atoms with E-state index < -0.39 is 0 Å². The van der Waals surface area contributed by atoms with Crippen LogP contribution in [0.1, 0.15) is 49.7 Å². The van der Waals surface area contributed by atoms with Crippen molar-refractivity contribution in [2.75, 3.05) is 26.2 Å². The molecule has 2 aliphatic rings. The molecule has 36 heavy (non-hydrogen) atoms. The number of urea groups is 1. The smallest absolute Gasteiger partial charge is 0.317 e. The molecule has 5 rings (SSSR count). The molecule has 2 aromatic heterocycles. The predicted octanol–water partition coefficient (Wildman–Crippen LogP) is 6.06. The van der Waals surface area contributed by atoms with Crippen LogP contribution in [0.25, 0.3) is 20.9 Å². The van der Waals surface area contributed by atoms with Gasteiger partial charge in [-0.1, -0.05) is 38.4 Å². The van der Waals surface area contributed by atoms with E-state index >= 15 is 0 Å². The maximum absolute atomic E-state index is 13.3. The highest BCUT2D eigenvalue weighted by atomic mass is 35.5. The van der Waals surface area contributed by atoms with Crippen LogP contribution in [-0.4, -0.2) is 58.9 Å². The minimum Gasteiger partial charge on any atom is -0.337 e. The summed E-state index contributed by atoms with van der Waals surface area (Å²) in [4.78, 5) is 35.8. The number of carbonyl (C=O) groups excluding carboxylic acids is 2. The van der Waals surface area contributed by atoms with Crippen molar-refractivity contribution in [3.63, 3.8) is 0 Å². The monoisotopic (exact) mass is 522 g/mol. The molecule has 0 saturated carbocycles. The number of halogens is 1. The van der Waals surface area contributed by atoms with Crippen LogP contribution < -0.4 is 5.32 Å². The molecule has 0 spiro atoms. The molecule has 3 amide bonds. The van der Waals surface area contributed by atoms with Crippen molar-refractivity contribution in [1.82, 2.24) is 20.1 Å². The Kier molecular flexibility index (Phi) is 6.79. The second-order valence-corrected chi connectivity index (χ2v) is 12.0. The number of carbonyl (C=O) groups is 2. The number of rotatable bonds is 4. The SMILES string of the molecule is CC(C)(C)c1cc(-c2ccc(-c3ccc(C(=O)N4CCCC(N5CCNC5=O)C4)cc3Cl)s2)ccn1. The minimum absolute atomic E-state index is 0.0168. The van der Waals surface area contributed by atoms with Gasteiger partial charge in [-0.05, 0) is 54.8 Å². The fourth-order valence-corrected chi connectivity index (χ4v) is 6.27. The van der Waals surface area contributed by atoms with Gasteiger partial charge in [0.2, 0.25) is 0 Å². The maximum Gasteiger partial charge on any atom is 0.317 e. The van der Waals surface area contributed by atoms with Crippen LogP contribution in [0.2, 0.25) is 5.02 Å². The number of amides is 3. The second kappa shape index (κ2) is 9.87. The van der Waals surface area contributed by atoms with Gasteiger partial charge in [-0.15, -0.1) is 11.3 Å². The van der Waals surface area contributed by atoms with E-state index in [2.05, 4.69) is 49.3 Å². The summed E-state index contributed by atoms with van der Waals surface area (Å²) in [6, 6.07) is 14.0. The Morgan fingerprint density at radius 1 is 1.11 bits per heavy atom. The van der Waals surface area contributed by atoms with Gasteiger partial charge in [-0.2, -0.15) is 0 Å². The number of hydrogen-bond acceptors (Lipinski definition) is 4. The molecule has 8 heteroatoms. The first kappa shape index (κ1) is 24.8. The molecule has 4 heterocycles. The van der Waals surface area contributed by atoms with E-state index in [9.17, 15) is 9.59 Å². The normalized spacial score (nSPS) is 18.4. The highest BCUT2D eigenvalue weighted by molar-refractivity contribution is 7.18. The van der Waals surface area contributed by atoms with Crippen LogP contribution in [0, 0.1) is 0 Å². The van der Waals surface area contributed by atoms with Gasteiger partial charge < -0.3 is 15.1 Å². The molecular formula is C28H31ClN4O2S. The van der Waals surface area contributed by atoms with E-state index in [1.54, 1.807) is 17.4 Å². The molecule has 188 valence electrons. The van der Waals surface area contributed by atoms with Gasteiger partial charge in [-0.3, -0.25) is 9.78 Å². The minimum atomic E-state index is -0.0360. The number of aromatic nitrogens is 1. The first-order chi connectivity index (χ1) is 17.2. The summed E-state index contributed by atoms with van der Waals surface area (Å²) in [6.45, 7) is 9.11. The zero-order chi connectivity index (χ0) is 25.4. The molecular weight excluding hydrogens is 492 g/mol. The average molecular weight is 523 g/mol. The summed E-state index contributed by atoms with van der Waals surface area (Å²) in [5.41, 5.74) is 3.68. The van der Waals surface area contributed by atoms with E-state index in [4.69, 9.17) is 11.6 Å². The third-order valence-corrected chi connectivity index (χ3v) is 8.39. The molecule has 6 nitrogen and oxygen atoms in total. The van der Waals surface area contributed by atoms with Gasteiger partial charge in [0.25, 0.3) is 5.91 Å². The summed E-state index contributed by atoms with van der Waals surface area (Å²) in [5.74, 6) is -0.0360. The zero-order valence-electron chi connectivity index (χ0n) is 20.9. The molecule has 1 unspecified atom stereocenters. The van der Waals surface area contributed by atoms with Gasteiger partial charge >= 0.3 is 6.03 Å². The number of likely N-dealkylation sites (tertiary alicyclic amines) is 1. The van der Waals surface area contributed by atoms with Crippen molar-refractivity contribution in [3.8, 4) is 20.9 Å². The summed E-state index contributed by atoms with van der Waals surface area (Å²) in [7, 11) is 0. The first-order valence-corrected chi connectivity index (χ1v) is 13.6. The van der Waals surface area contributed by atoms with E-state index in [0.29, 0.717) is 36.8 Å². The van der Waals surface area contributed by atoms with Gasteiger partial charge in [0.1, 0.15) is 0 Å². The van der Waals surface area contributed by atoms with Gasteiger partial charge in [0, 0.05) is 64.4 Å². The Balaban J connectivity index is 1.33. The van der Waals surface area contributed by atoms with Crippen LogP contribution >= 0.6 is 22.9 Å². The molecule has 1 N–H and O–H groups in total. The third-order valence-electron chi connectivity index (χ3n) is 6.91. The Bertz CT molecular complexity index is 1300. The van der Waals surface area contributed by atoms with E-state index in [-0.39, 0.29) is 23.4 Å². The summed E-state index contributed by atoms with van der Waals surface area (Å²) in [6.07, 6.45) is 3.67. The maximum atomic E-state index is 13.3. The summed E-state index contributed by atoms with van der Waals surface area (Å²) < 4.78 is 0. The number of hydrogen-bond donors (Lipinski definition) is 1. The Morgan fingerprint density at radius 2 is 1.92 bits per heavy atom. The standard InChI is InChI=1S/C28H31ClN4O2S/c1-28(2,3)25-16-18(10-11-30-25)23-8-9-24(36-23)21-7-6-19(15-22(21)29)26(34)32-13-4-5-20(17-32)33-14-12-31-27(33)35/h6-11,15-16,20H,4-5,12-14,17H2,1-3H3,(H,31,35). The number of nitrogens with zero attached hydrogens (tertiary/aromatic N) is 3. The highest BCUT2D eigenvalue weighted by Crippen LogP contribution is 2.38. The van der Waals surface area contributed by atoms with Crippen LogP contribution in [0.15, 0.2) is 48.7 Å². The lowest BCUT2D eigenvalue weighted by Crippen LogP contribution is -2.50. The molecule has 1 aromatic carbocycles. The zero-order valence-corrected chi connectivity index (χ0v) is 22.5. The molecule has 1 atom stereocenters. The third kappa shape index (κ3) is 5.00. The van der Waals surface area contributed by atoms with Gasteiger partial charge in [0.15, 0.2) is 0 Å². The lowest BCUT2D eigenvalue weighted by Gasteiger charge is -2.37. The molecule has 2 fully saturated rings. The fourth-order valence-electron chi connectivity index (χ4n) is 4.89. The second-order valence-electron chi connectivity index (χ2n) is 10.5. The van der Waals surface area contributed by atoms with E-state index in [1.807, 2.05) is 34.2 Å². The quantitative estimate of drug-likeness (QED) is 0.453. The van der Waals surface area contributed by atoms with Crippen molar-refractivity contribution in [3.05, 3.63) is 64.9 Å². The van der Waals surface area contributed by atoms with Crippen LogP contribution in [0.3, 0.4) is 0 Å². The largest absolute Gasteiger partial charge is 0.337 e. The van der Waals surface area contributed by atoms with E-state index in [1.165, 1.54) is 0 Å². The lowest BCUT2D eigenvalue weighted by atomic mass is 9.91. The van der Waals surface area contributed by atoms with Crippen molar-refractivity contribution >= 4 is 34.9 Å². The molecule has 2 saturated heterocycles. The Morgan fingerprint density at radius 3 is 2.64 bits per heavy atom. The Hall–Kier alpha value is -2.90. The number of nitrogens with one attached hydrogen (secondary N) is 1.